The second-order valence-corrected chi connectivity index (χ2v) is 7.05. The molecule has 2 aliphatic heterocycles. The Kier molecular flexibility index (Phi) is 5.69. The third-order valence-corrected chi connectivity index (χ3v) is 5.39. The molecular formula is C20H24N2O6. The largest absolute Gasteiger partial charge is 0.466 e. The van der Waals surface area contributed by atoms with Crippen molar-refractivity contribution in [1.29, 1.82) is 0 Å². The number of fused-ring (bicyclic) bond motifs is 2. The molecule has 2 N–H and O–H groups in total. The quantitative estimate of drug-likeness (QED) is 0.733. The molecule has 2 atom stereocenters. The Morgan fingerprint density at radius 2 is 1.89 bits per heavy atom. The number of aliphatic hydroxyl groups excluding tert-OH is 1. The highest BCUT2D eigenvalue weighted by Crippen LogP contribution is 2.39. The number of aliphatic hydroxyl groups is 1. The summed E-state index contributed by atoms with van der Waals surface area (Å²) in [7, 11) is 2.87. The van der Waals surface area contributed by atoms with Gasteiger partial charge in [-0.15, -0.1) is 0 Å². The zero-order chi connectivity index (χ0) is 20.4. The number of amides is 2. The van der Waals surface area contributed by atoms with Crippen LogP contribution in [0.1, 0.15) is 24.0 Å². The molecule has 1 aromatic carbocycles. The summed E-state index contributed by atoms with van der Waals surface area (Å²) in [4.78, 5) is 39.6. The Hall–Kier alpha value is -2.87. The minimum absolute atomic E-state index is 0.101. The fourth-order valence-electron chi connectivity index (χ4n) is 4.01. The summed E-state index contributed by atoms with van der Waals surface area (Å²) in [5.41, 5.74) is 2.75. The maximum Gasteiger partial charge on any atom is 0.408 e. The second kappa shape index (κ2) is 8.02. The molecule has 8 heteroatoms. The smallest absolute Gasteiger partial charge is 0.408 e. The van der Waals surface area contributed by atoms with Crippen LogP contribution in [0.5, 0.6) is 0 Å². The number of benzene rings is 1. The first kappa shape index (κ1) is 19.9. The van der Waals surface area contributed by atoms with Crippen molar-refractivity contribution in [2.75, 3.05) is 27.3 Å². The van der Waals surface area contributed by atoms with E-state index in [1.165, 1.54) is 12.0 Å². The van der Waals surface area contributed by atoms with Gasteiger partial charge < -0.3 is 19.8 Å². The number of hydrogen-bond acceptors (Lipinski definition) is 5. The number of ether oxygens (including phenoxy) is 1. The summed E-state index contributed by atoms with van der Waals surface area (Å²) in [6, 6.07) is 5.94. The van der Waals surface area contributed by atoms with Gasteiger partial charge in [0, 0.05) is 26.6 Å². The van der Waals surface area contributed by atoms with Crippen molar-refractivity contribution < 1.29 is 29.3 Å². The lowest BCUT2D eigenvalue weighted by atomic mass is 9.81. The molecule has 1 fully saturated rings. The molecule has 2 bridgehead atoms. The van der Waals surface area contributed by atoms with Crippen molar-refractivity contribution in [2.45, 2.75) is 31.3 Å². The third kappa shape index (κ3) is 3.47. The van der Waals surface area contributed by atoms with E-state index in [1.807, 2.05) is 24.3 Å². The molecule has 28 heavy (non-hydrogen) atoms. The number of nitrogens with zero attached hydrogens (tertiary/aromatic N) is 2. The fourth-order valence-corrected chi connectivity index (χ4v) is 4.01. The Balaban J connectivity index is 2.08. The number of carbonyl (C=O) groups excluding carboxylic acids is 2. The number of aryl methyl sites for hydroxylation is 1. The first-order valence-corrected chi connectivity index (χ1v) is 9.16. The van der Waals surface area contributed by atoms with E-state index in [9.17, 15) is 19.5 Å². The summed E-state index contributed by atoms with van der Waals surface area (Å²) < 4.78 is 4.95. The molecule has 0 saturated carbocycles. The lowest BCUT2D eigenvalue weighted by Gasteiger charge is -2.47. The van der Waals surface area contributed by atoms with Crippen LogP contribution in [-0.4, -0.2) is 77.4 Å². The number of hydrogen-bond donors (Lipinski definition) is 2. The number of methoxy groups -OCH3 is 1. The van der Waals surface area contributed by atoms with Crippen LogP contribution in [0.2, 0.25) is 0 Å². The lowest BCUT2D eigenvalue weighted by molar-refractivity contribution is -0.144. The molecule has 2 amide bonds. The zero-order valence-corrected chi connectivity index (χ0v) is 15.9. The number of esters is 1. The van der Waals surface area contributed by atoms with Gasteiger partial charge in [-0.05, 0) is 29.5 Å². The molecule has 0 spiro atoms. The standard InChI is InChI=1S/C20H24N2O6/c1-21-11-16-17(19(25)28-2)14(10-15(18(21)24)22(16)20(26)27)13-7-5-12(6-8-13)4-3-9-23/h5-8,15-16,23H,3-4,9-11H2,1-2H3,(H,26,27)/t15?,16-/m1/s1. The van der Waals surface area contributed by atoms with Gasteiger partial charge in [-0.25, -0.2) is 9.59 Å². The Labute approximate surface area is 163 Å². The van der Waals surface area contributed by atoms with Crippen molar-refractivity contribution in [1.82, 2.24) is 9.80 Å². The maximum atomic E-state index is 12.6. The Bertz CT molecular complexity index is 816. The van der Waals surface area contributed by atoms with Crippen LogP contribution in [0.3, 0.4) is 0 Å². The van der Waals surface area contributed by atoms with Gasteiger partial charge in [-0.1, -0.05) is 24.3 Å². The molecule has 8 nitrogen and oxygen atoms in total. The van der Waals surface area contributed by atoms with Crippen LogP contribution >= 0.6 is 0 Å². The molecule has 150 valence electrons. The van der Waals surface area contributed by atoms with Crippen molar-refractivity contribution in [3.05, 3.63) is 41.0 Å². The molecule has 1 saturated heterocycles. The predicted molar refractivity (Wildman–Crippen MR) is 100 cm³/mol. The summed E-state index contributed by atoms with van der Waals surface area (Å²) in [5, 5.41) is 18.6. The molecule has 1 unspecified atom stereocenters. The van der Waals surface area contributed by atoms with E-state index in [-0.39, 0.29) is 31.1 Å². The van der Waals surface area contributed by atoms with Crippen molar-refractivity contribution in [2.24, 2.45) is 0 Å². The average molecular weight is 388 g/mol. The van der Waals surface area contributed by atoms with E-state index in [0.717, 1.165) is 22.4 Å². The van der Waals surface area contributed by atoms with Gasteiger partial charge in [0.05, 0.1) is 18.7 Å². The van der Waals surface area contributed by atoms with E-state index >= 15 is 0 Å². The average Bonchev–Trinajstić information content (AvgIpc) is 2.69. The van der Waals surface area contributed by atoms with Gasteiger partial charge in [0.1, 0.15) is 6.04 Å². The van der Waals surface area contributed by atoms with Gasteiger partial charge in [-0.2, -0.15) is 0 Å². The molecule has 2 aliphatic rings. The molecule has 1 aromatic rings. The minimum atomic E-state index is -1.23. The van der Waals surface area contributed by atoms with Crippen LogP contribution in [0, 0.1) is 0 Å². The molecule has 2 heterocycles. The van der Waals surface area contributed by atoms with Gasteiger partial charge in [-0.3, -0.25) is 9.69 Å². The van der Waals surface area contributed by atoms with E-state index in [0.29, 0.717) is 12.0 Å². The summed E-state index contributed by atoms with van der Waals surface area (Å²) >= 11 is 0. The SMILES string of the molecule is COC(=O)C1=C(c2ccc(CCCO)cc2)CC2C(=O)N(C)C[C@H]1N2C(=O)O. The van der Waals surface area contributed by atoms with Crippen LogP contribution in [-0.2, 0) is 20.7 Å². The van der Waals surface area contributed by atoms with E-state index < -0.39 is 24.1 Å². The number of piperazine rings is 1. The molecule has 0 aliphatic carbocycles. The third-order valence-electron chi connectivity index (χ3n) is 5.39. The van der Waals surface area contributed by atoms with Gasteiger partial charge in [0.25, 0.3) is 0 Å². The van der Waals surface area contributed by atoms with E-state index in [4.69, 9.17) is 9.84 Å². The topological polar surface area (TPSA) is 107 Å². The number of carbonyl (C=O) groups is 3. The van der Waals surface area contributed by atoms with E-state index in [1.54, 1.807) is 7.05 Å². The normalized spacial score (nSPS) is 21.8. The van der Waals surface area contributed by atoms with Crippen LogP contribution < -0.4 is 0 Å². The first-order chi connectivity index (χ1) is 13.4. The summed E-state index contributed by atoms with van der Waals surface area (Å²) in [6.07, 6.45) is 0.290. The number of rotatable bonds is 5. The van der Waals surface area contributed by atoms with E-state index in [2.05, 4.69) is 0 Å². The predicted octanol–water partition coefficient (Wildman–Crippen LogP) is 1.13. The molecule has 3 rings (SSSR count). The lowest BCUT2D eigenvalue weighted by Crippen LogP contribution is -2.65. The maximum absolute atomic E-state index is 12.6. The Morgan fingerprint density at radius 1 is 1.21 bits per heavy atom. The number of likely N-dealkylation sites (N-methyl/N-ethyl adjacent to an activating group) is 1. The van der Waals surface area contributed by atoms with Crippen molar-refractivity contribution in [3.63, 3.8) is 0 Å². The fraction of sp³-hybridized carbons (Fsp3) is 0.450. The van der Waals surface area contributed by atoms with Crippen molar-refractivity contribution >= 4 is 23.5 Å². The molecular weight excluding hydrogens is 364 g/mol. The molecule has 0 aromatic heterocycles. The van der Waals surface area contributed by atoms with Crippen molar-refractivity contribution in [3.8, 4) is 0 Å². The number of carboxylic acid groups (broad SMARTS) is 1. The first-order valence-electron chi connectivity index (χ1n) is 9.16. The molecule has 0 radical (unpaired) electrons. The van der Waals surface area contributed by atoms with Gasteiger partial charge in [0.15, 0.2) is 0 Å². The summed E-state index contributed by atoms with van der Waals surface area (Å²) in [6.45, 7) is 0.216. The highest BCUT2D eigenvalue weighted by molar-refractivity contribution is 6.03. The second-order valence-electron chi connectivity index (χ2n) is 7.05. The minimum Gasteiger partial charge on any atom is -0.466 e. The highest BCUT2D eigenvalue weighted by atomic mass is 16.5. The van der Waals surface area contributed by atoms with Crippen LogP contribution in [0.4, 0.5) is 4.79 Å². The summed E-state index contributed by atoms with van der Waals surface area (Å²) in [5.74, 6) is -0.864. The van der Waals surface area contributed by atoms with Gasteiger partial charge in [0.2, 0.25) is 5.91 Å². The highest BCUT2D eigenvalue weighted by Gasteiger charge is 2.50. The monoisotopic (exact) mass is 388 g/mol. The zero-order valence-electron chi connectivity index (χ0n) is 15.9. The Morgan fingerprint density at radius 3 is 2.46 bits per heavy atom. The van der Waals surface area contributed by atoms with Crippen LogP contribution in [0.25, 0.3) is 5.57 Å². The van der Waals surface area contributed by atoms with Crippen LogP contribution in [0.15, 0.2) is 29.8 Å². The van der Waals surface area contributed by atoms with Gasteiger partial charge >= 0.3 is 12.1 Å².